The van der Waals surface area contributed by atoms with Crippen LogP contribution >= 0.6 is 0 Å². The number of nitrogens with zero attached hydrogens (tertiary/aromatic N) is 1. The van der Waals surface area contributed by atoms with E-state index in [1.165, 1.54) is 0 Å². The molecule has 0 aliphatic carbocycles. The second-order valence-electron chi connectivity index (χ2n) is 2.46. The first-order valence-corrected chi connectivity index (χ1v) is 3.63. The lowest BCUT2D eigenvalue weighted by molar-refractivity contribution is 0.111. The Kier molecular flexibility index (Phi) is 1.59. The lowest BCUT2D eigenvalue weighted by Gasteiger charge is -1.94. The minimum Gasteiger partial charge on any atom is -0.296 e. The topological polar surface area (TPSA) is 30.0 Å². The fourth-order valence-corrected chi connectivity index (χ4v) is 1.08. The van der Waals surface area contributed by atoms with Crippen LogP contribution in [0.25, 0.3) is 10.9 Å². The number of pyridine rings is 1. The normalized spacial score (nSPS) is 10.0. The van der Waals surface area contributed by atoms with E-state index in [2.05, 4.69) is 11.1 Å². The number of carbonyl (C=O) groups excluding carboxylic acids is 1. The van der Waals surface area contributed by atoms with Crippen molar-refractivity contribution in [1.82, 2.24) is 4.98 Å². The molecule has 0 N–H and O–H groups in total. The summed E-state index contributed by atoms with van der Waals surface area (Å²) in [5.74, 6) is 0. The summed E-state index contributed by atoms with van der Waals surface area (Å²) in [5.41, 5.74) is 1.23. The zero-order valence-corrected chi connectivity index (χ0v) is 6.32. The average molecular weight is 156 g/mol. The zero-order chi connectivity index (χ0) is 8.39. The van der Waals surface area contributed by atoms with Crippen LogP contribution in [0.1, 0.15) is 10.5 Å². The highest BCUT2D eigenvalue weighted by Gasteiger charge is 1.94. The molecule has 57 valence electrons. The highest BCUT2D eigenvalue weighted by Crippen LogP contribution is 2.09. The molecule has 0 saturated heterocycles. The third-order valence-corrected chi connectivity index (χ3v) is 1.65. The third kappa shape index (κ3) is 1.07. The Hall–Kier alpha value is -1.70. The molecule has 0 unspecified atom stereocenters. The molecule has 0 bridgehead atoms. The summed E-state index contributed by atoms with van der Waals surface area (Å²) in [6, 6.07) is 12.1. The molecular weight excluding hydrogens is 150 g/mol. The average Bonchev–Trinajstić information content (AvgIpc) is 2.17. The van der Waals surface area contributed by atoms with Crippen molar-refractivity contribution >= 4 is 17.2 Å². The van der Waals surface area contributed by atoms with Gasteiger partial charge in [0, 0.05) is 5.39 Å². The Bertz CT molecular complexity index is 423. The highest BCUT2D eigenvalue weighted by atomic mass is 16.1. The highest BCUT2D eigenvalue weighted by molar-refractivity contribution is 5.82. The molecule has 0 spiro atoms. The second kappa shape index (κ2) is 2.74. The molecule has 1 aromatic heterocycles. The van der Waals surface area contributed by atoms with Crippen molar-refractivity contribution in [2.24, 2.45) is 0 Å². The number of hydrogen-bond donors (Lipinski definition) is 0. The number of fused-ring (bicyclic) bond motifs is 1. The van der Waals surface area contributed by atoms with E-state index in [0.717, 1.165) is 17.2 Å². The van der Waals surface area contributed by atoms with Crippen LogP contribution in [0.4, 0.5) is 0 Å². The van der Waals surface area contributed by atoms with Crippen molar-refractivity contribution < 1.29 is 4.79 Å². The van der Waals surface area contributed by atoms with Crippen LogP contribution in [0.5, 0.6) is 0 Å². The maximum absolute atomic E-state index is 10.4. The van der Waals surface area contributed by atoms with E-state index in [4.69, 9.17) is 0 Å². The summed E-state index contributed by atoms with van der Waals surface area (Å²) >= 11 is 0. The standard InChI is InChI=1S/C10H6NO/c12-7-9-6-5-8-3-1-2-4-10(8)11-9/h1-4,6-7H. The van der Waals surface area contributed by atoms with E-state index < -0.39 is 0 Å². The lowest BCUT2D eigenvalue weighted by Crippen LogP contribution is -1.86. The fourth-order valence-electron chi connectivity index (χ4n) is 1.08. The molecule has 2 rings (SSSR count). The molecule has 2 nitrogen and oxygen atoms in total. The number of aromatic nitrogens is 1. The van der Waals surface area contributed by atoms with Gasteiger partial charge in [-0.2, -0.15) is 0 Å². The van der Waals surface area contributed by atoms with Gasteiger partial charge in [-0.15, -0.1) is 0 Å². The monoisotopic (exact) mass is 156 g/mol. The third-order valence-electron chi connectivity index (χ3n) is 1.65. The van der Waals surface area contributed by atoms with Crippen LogP contribution < -0.4 is 0 Å². The quantitative estimate of drug-likeness (QED) is 0.590. The number of hydrogen-bond acceptors (Lipinski definition) is 2. The molecule has 0 amide bonds. The smallest absolute Gasteiger partial charge is 0.168 e. The molecule has 1 heterocycles. The SMILES string of the molecule is O=Cc1c[c]c2ccccc2n1. The molecule has 0 fully saturated rings. The molecule has 1 aromatic carbocycles. The van der Waals surface area contributed by atoms with E-state index in [1.54, 1.807) is 6.07 Å². The van der Waals surface area contributed by atoms with Gasteiger partial charge in [-0.05, 0) is 18.2 Å². The van der Waals surface area contributed by atoms with Crippen molar-refractivity contribution in [3.05, 3.63) is 42.1 Å². The van der Waals surface area contributed by atoms with Gasteiger partial charge in [0.25, 0.3) is 0 Å². The second-order valence-corrected chi connectivity index (χ2v) is 2.46. The van der Waals surface area contributed by atoms with Crippen LogP contribution in [0.3, 0.4) is 0 Å². The van der Waals surface area contributed by atoms with Gasteiger partial charge in [0.1, 0.15) is 5.69 Å². The van der Waals surface area contributed by atoms with E-state index in [-0.39, 0.29) is 0 Å². The van der Waals surface area contributed by atoms with E-state index in [9.17, 15) is 4.79 Å². The first-order chi connectivity index (χ1) is 5.90. The Morgan fingerprint density at radius 2 is 2.17 bits per heavy atom. The van der Waals surface area contributed by atoms with Crippen LogP contribution in [0, 0.1) is 6.07 Å². The number of rotatable bonds is 1. The minimum atomic E-state index is 0.425. The number of carbonyl (C=O) groups is 1. The van der Waals surface area contributed by atoms with Gasteiger partial charge < -0.3 is 0 Å². The molecule has 0 aliphatic heterocycles. The van der Waals surface area contributed by atoms with Gasteiger partial charge >= 0.3 is 0 Å². The number of aldehydes is 1. The van der Waals surface area contributed by atoms with Gasteiger partial charge in [-0.1, -0.05) is 18.2 Å². The molecule has 2 heteroatoms. The van der Waals surface area contributed by atoms with Crippen molar-refractivity contribution in [3.63, 3.8) is 0 Å². The maximum Gasteiger partial charge on any atom is 0.168 e. The van der Waals surface area contributed by atoms with Gasteiger partial charge in [-0.3, -0.25) is 4.79 Å². The number of para-hydroxylation sites is 1. The molecule has 0 saturated carbocycles. The van der Waals surface area contributed by atoms with Crippen molar-refractivity contribution in [3.8, 4) is 0 Å². The summed E-state index contributed by atoms with van der Waals surface area (Å²) in [6.07, 6.45) is 0.725. The fraction of sp³-hybridized carbons (Fsp3) is 0. The van der Waals surface area contributed by atoms with Crippen molar-refractivity contribution in [1.29, 1.82) is 0 Å². The van der Waals surface area contributed by atoms with Gasteiger partial charge in [0.05, 0.1) is 5.52 Å². The summed E-state index contributed by atoms with van der Waals surface area (Å²) in [6.45, 7) is 0. The van der Waals surface area contributed by atoms with Crippen molar-refractivity contribution in [2.45, 2.75) is 0 Å². The van der Waals surface area contributed by atoms with Gasteiger partial charge in [-0.25, -0.2) is 4.98 Å². The first kappa shape index (κ1) is 6.98. The summed E-state index contributed by atoms with van der Waals surface area (Å²) in [7, 11) is 0. The van der Waals surface area contributed by atoms with Crippen molar-refractivity contribution in [2.75, 3.05) is 0 Å². The summed E-state index contributed by atoms with van der Waals surface area (Å²) in [4.78, 5) is 14.5. The Morgan fingerprint density at radius 3 is 3.00 bits per heavy atom. The van der Waals surface area contributed by atoms with Crippen LogP contribution in [0.15, 0.2) is 30.3 Å². The van der Waals surface area contributed by atoms with Gasteiger partial charge in [0.2, 0.25) is 0 Å². The molecule has 12 heavy (non-hydrogen) atoms. The summed E-state index contributed by atoms with van der Waals surface area (Å²) < 4.78 is 0. The van der Waals surface area contributed by atoms with E-state index in [0.29, 0.717) is 5.69 Å². The number of benzene rings is 1. The first-order valence-electron chi connectivity index (χ1n) is 3.63. The minimum absolute atomic E-state index is 0.425. The van der Waals surface area contributed by atoms with Crippen LogP contribution in [-0.4, -0.2) is 11.3 Å². The molecule has 1 radical (unpaired) electrons. The predicted molar refractivity (Wildman–Crippen MR) is 46.0 cm³/mol. The maximum atomic E-state index is 10.4. The van der Waals surface area contributed by atoms with E-state index >= 15 is 0 Å². The largest absolute Gasteiger partial charge is 0.296 e. The van der Waals surface area contributed by atoms with Crippen LogP contribution in [-0.2, 0) is 0 Å². The Balaban J connectivity index is 2.75. The molecular formula is C10H6NO. The predicted octanol–water partition coefficient (Wildman–Crippen LogP) is 1.85. The molecule has 2 aromatic rings. The van der Waals surface area contributed by atoms with Crippen LogP contribution in [0.2, 0.25) is 0 Å². The molecule has 0 aliphatic rings. The Morgan fingerprint density at radius 1 is 1.33 bits per heavy atom. The molecule has 0 atom stereocenters. The van der Waals surface area contributed by atoms with Gasteiger partial charge in [0.15, 0.2) is 6.29 Å². The lowest BCUT2D eigenvalue weighted by atomic mass is 10.2. The zero-order valence-electron chi connectivity index (χ0n) is 6.32. The Labute approximate surface area is 69.9 Å². The summed E-state index contributed by atoms with van der Waals surface area (Å²) in [5, 5.41) is 0.933. The van der Waals surface area contributed by atoms with E-state index in [1.807, 2.05) is 24.3 Å².